The number of rotatable bonds is 8. The molecule has 2 unspecified atom stereocenters. The number of hydrogen-bond acceptors (Lipinski definition) is 9. The summed E-state index contributed by atoms with van der Waals surface area (Å²) in [5.41, 5.74) is 6.67. The SMILES string of the molecule is COC(=O)C(Cc1ccc2c(N)nc(C)cc2c1F)N1CCC(NS(=O)(=O)c2ccc(N3CCCC3)nc2)C1=O. The maximum absolute atomic E-state index is 15.5. The van der Waals surface area contributed by atoms with Crippen molar-refractivity contribution >= 4 is 44.3 Å². The van der Waals surface area contributed by atoms with Crippen molar-refractivity contribution in [1.82, 2.24) is 19.6 Å². The Hall–Kier alpha value is -3.84. The third kappa shape index (κ3) is 5.30. The summed E-state index contributed by atoms with van der Waals surface area (Å²) < 4.78 is 49.0. The van der Waals surface area contributed by atoms with Crippen molar-refractivity contribution in [1.29, 1.82) is 0 Å². The van der Waals surface area contributed by atoms with Crippen molar-refractivity contribution in [3.05, 3.63) is 53.6 Å². The smallest absolute Gasteiger partial charge is 0.328 e. The molecule has 11 nitrogen and oxygen atoms in total. The number of carbonyl (C=O) groups excluding carboxylic acids is 2. The first-order valence-corrected chi connectivity index (χ1v) is 14.5. The van der Waals surface area contributed by atoms with Crippen LogP contribution in [0.2, 0.25) is 0 Å². The van der Waals surface area contributed by atoms with Gasteiger partial charge in [-0.1, -0.05) is 12.1 Å². The Kier molecular flexibility index (Phi) is 7.60. The van der Waals surface area contributed by atoms with Gasteiger partial charge in [0.2, 0.25) is 15.9 Å². The van der Waals surface area contributed by atoms with E-state index in [1.165, 1.54) is 30.3 Å². The lowest BCUT2D eigenvalue weighted by Gasteiger charge is -2.26. The van der Waals surface area contributed by atoms with Gasteiger partial charge in [-0.25, -0.2) is 27.6 Å². The molecule has 0 radical (unpaired) electrons. The first kappa shape index (κ1) is 27.7. The molecule has 212 valence electrons. The van der Waals surface area contributed by atoms with Gasteiger partial charge in [0, 0.05) is 48.7 Å². The predicted molar refractivity (Wildman–Crippen MR) is 146 cm³/mol. The zero-order valence-electron chi connectivity index (χ0n) is 22.3. The average Bonchev–Trinajstić information content (AvgIpc) is 3.59. The van der Waals surface area contributed by atoms with Gasteiger partial charge in [0.1, 0.15) is 34.4 Å². The van der Waals surface area contributed by atoms with E-state index in [4.69, 9.17) is 10.5 Å². The van der Waals surface area contributed by atoms with E-state index in [0.29, 0.717) is 16.9 Å². The number of benzene rings is 1. The van der Waals surface area contributed by atoms with Crippen LogP contribution in [0.15, 0.2) is 41.4 Å². The number of nitrogens with zero attached hydrogens (tertiary/aromatic N) is 4. The Morgan fingerprint density at radius 1 is 1.20 bits per heavy atom. The van der Waals surface area contributed by atoms with Gasteiger partial charge < -0.3 is 20.3 Å². The largest absolute Gasteiger partial charge is 0.467 e. The molecule has 13 heteroatoms. The lowest BCUT2D eigenvalue weighted by atomic mass is 10.00. The molecule has 0 saturated carbocycles. The van der Waals surface area contributed by atoms with Gasteiger partial charge in [-0.15, -0.1) is 0 Å². The molecule has 2 aromatic heterocycles. The van der Waals surface area contributed by atoms with Gasteiger partial charge in [-0.3, -0.25) is 4.79 Å². The second kappa shape index (κ2) is 11.0. The zero-order chi connectivity index (χ0) is 28.6. The summed E-state index contributed by atoms with van der Waals surface area (Å²) in [7, 11) is -2.88. The Balaban J connectivity index is 1.34. The molecule has 2 aliphatic heterocycles. The number of pyridine rings is 2. The summed E-state index contributed by atoms with van der Waals surface area (Å²) in [6, 6.07) is 5.56. The Morgan fingerprint density at radius 3 is 2.62 bits per heavy atom. The molecule has 3 aromatic rings. The number of anilines is 2. The number of nitrogens with two attached hydrogens (primary N) is 1. The molecule has 40 heavy (non-hydrogen) atoms. The number of esters is 1. The van der Waals surface area contributed by atoms with Crippen molar-refractivity contribution in [2.75, 3.05) is 37.4 Å². The molecule has 2 atom stereocenters. The van der Waals surface area contributed by atoms with Crippen LogP contribution in [0.25, 0.3) is 10.8 Å². The quantitative estimate of drug-likeness (QED) is 0.388. The Labute approximate surface area is 231 Å². The minimum Gasteiger partial charge on any atom is -0.467 e. The van der Waals surface area contributed by atoms with E-state index in [2.05, 4.69) is 19.6 Å². The van der Waals surface area contributed by atoms with Gasteiger partial charge in [0.25, 0.3) is 0 Å². The van der Waals surface area contributed by atoms with E-state index < -0.39 is 39.8 Å². The van der Waals surface area contributed by atoms with Crippen molar-refractivity contribution < 1.29 is 27.1 Å². The molecule has 2 saturated heterocycles. The molecule has 2 fully saturated rings. The Bertz CT molecular complexity index is 1560. The van der Waals surface area contributed by atoms with Crippen molar-refractivity contribution in [3.63, 3.8) is 0 Å². The highest BCUT2D eigenvalue weighted by Crippen LogP contribution is 2.28. The fraction of sp³-hybridized carbons (Fsp3) is 0.407. The standard InChI is InChI=1S/C27H31FN6O5S/c1-16-13-20-19(25(29)31-16)7-5-17(24(20)28)14-22(27(36)39-2)34-12-9-21(26(34)35)32-40(37,38)18-6-8-23(30-15-18)33-10-3-4-11-33/h5-8,13,15,21-22,32H,3-4,9-12,14H2,1-2H3,(H2,29,31). The lowest BCUT2D eigenvalue weighted by Crippen LogP contribution is -2.48. The number of amides is 1. The summed E-state index contributed by atoms with van der Waals surface area (Å²) in [5, 5.41) is 0.699. The number of likely N-dealkylation sites (tertiary alicyclic amines) is 1. The second-order valence-corrected chi connectivity index (χ2v) is 11.8. The number of sulfonamides is 1. The van der Waals surface area contributed by atoms with E-state index in [0.717, 1.165) is 25.9 Å². The summed E-state index contributed by atoms with van der Waals surface area (Å²) >= 11 is 0. The molecular formula is C27H31FN6O5S. The normalized spacial score (nSPS) is 18.5. The molecule has 4 heterocycles. The van der Waals surface area contributed by atoms with E-state index >= 15 is 4.39 Å². The summed E-state index contributed by atoms with van der Waals surface area (Å²) in [4.78, 5) is 37.8. The van der Waals surface area contributed by atoms with Crippen LogP contribution in [0, 0.1) is 12.7 Å². The van der Waals surface area contributed by atoms with Crippen LogP contribution in [0.4, 0.5) is 16.0 Å². The van der Waals surface area contributed by atoms with Crippen LogP contribution in [0.3, 0.4) is 0 Å². The van der Waals surface area contributed by atoms with Crippen molar-refractivity contribution in [2.45, 2.75) is 49.6 Å². The van der Waals surface area contributed by atoms with Crippen LogP contribution in [0.5, 0.6) is 0 Å². The molecule has 0 bridgehead atoms. The maximum Gasteiger partial charge on any atom is 0.328 e. The molecule has 3 N–H and O–H groups in total. The highest BCUT2D eigenvalue weighted by molar-refractivity contribution is 7.89. The average molecular weight is 571 g/mol. The van der Waals surface area contributed by atoms with E-state index in [-0.39, 0.29) is 41.0 Å². The first-order valence-electron chi connectivity index (χ1n) is 13.0. The van der Waals surface area contributed by atoms with Crippen molar-refractivity contribution in [3.8, 4) is 0 Å². The number of halogens is 1. The predicted octanol–water partition coefficient (Wildman–Crippen LogP) is 1.92. The first-order chi connectivity index (χ1) is 19.1. The van der Waals surface area contributed by atoms with Crippen LogP contribution < -0.4 is 15.4 Å². The van der Waals surface area contributed by atoms with Crippen LogP contribution in [0.1, 0.15) is 30.5 Å². The molecular weight excluding hydrogens is 539 g/mol. The summed E-state index contributed by atoms with van der Waals surface area (Å²) in [6.45, 7) is 3.53. The Morgan fingerprint density at radius 2 is 1.95 bits per heavy atom. The molecule has 0 aliphatic carbocycles. The van der Waals surface area contributed by atoms with Crippen LogP contribution in [-0.2, 0) is 30.8 Å². The van der Waals surface area contributed by atoms with Gasteiger partial charge in [0.15, 0.2) is 0 Å². The lowest BCUT2D eigenvalue weighted by molar-refractivity contribution is -0.151. The minimum absolute atomic E-state index is 0.0616. The molecule has 1 amide bonds. The molecule has 5 rings (SSSR count). The zero-order valence-corrected chi connectivity index (χ0v) is 23.1. The number of hydrogen-bond donors (Lipinski definition) is 2. The summed E-state index contributed by atoms with van der Waals surface area (Å²) in [6.07, 6.45) is 3.37. The highest BCUT2D eigenvalue weighted by Gasteiger charge is 2.41. The fourth-order valence-electron chi connectivity index (χ4n) is 5.36. The number of aromatic nitrogens is 2. The van der Waals surface area contributed by atoms with Gasteiger partial charge in [0.05, 0.1) is 7.11 Å². The molecule has 1 aromatic carbocycles. The van der Waals surface area contributed by atoms with E-state index in [1.807, 2.05) is 0 Å². The number of fused-ring (bicyclic) bond motifs is 1. The maximum atomic E-state index is 15.5. The van der Waals surface area contributed by atoms with E-state index in [1.54, 1.807) is 25.1 Å². The van der Waals surface area contributed by atoms with Crippen molar-refractivity contribution in [2.24, 2.45) is 0 Å². The molecule has 0 spiro atoms. The number of ether oxygens (including phenoxy) is 1. The number of methoxy groups -OCH3 is 1. The molecule has 2 aliphatic rings. The monoisotopic (exact) mass is 570 g/mol. The number of nitrogen functional groups attached to an aromatic ring is 1. The minimum atomic E-state index is -4.06. The third-order valence-corrected chi connectivity index (χ3v) is 8.90. The summed E-state index contributed by atoms with van der Waals surface area (Å²) in [5.74, 6) is -1.00. The highest BCUT2D eigenvalue weighted by atomic mass is 32.2. The third-order valence-electron chi connectivity index (χ3n) is 7.45. The number of aryl methyl sites for hydroxylation is 1. The number of carbonyl (C=O) groups is 2. The van der Waals surface area contributed by atoms with E-state index in [9.17, 15) is 18.0 Å². The van der Waals surface area contributed by atoms with Gasteiger partial charge >= 0.3 is 5.97 Å². The topological polar surface area (TPSA) is 148 Å². The van der Waals surface area contributed by atoms with Crippen LogP contribution >= 0.6 is 0 Å². The van der Waals surface area contributed by atoms with Gasteiger partial charge in [-0.2, -0.15) is 4.72 Å². The van der Waals surface area contributed by atoms with Gasteiger partial charge in [-0.05, 0) is 49.9 Å². The fourth-order valence-corrected chi connectivity index (χ4v) is 6.53. The second-order valence-electron chi connectivity index (χ2n) is 10.1. The van der Waals surface area contributed by atoms with Crippen LogP contribution in [-0.4, -0.2) is 74.0 Å². The number of nitrogens with one attached hydrogen (secondary N) is 1.